The number of aliphatic hydroxyl groups excluding tert-OH is 1. The van der Waals surface area contributed by atoms with Crippen LogP contribution < -0.4 is 0 Å². The van der Waals surface area contributed by atoms with E-state index < -0.39 is 0 Å². The van der Waals surface area contributed by atoms with E-state index in [1.54, 1.807) is 0 Å². The lowest BCUT2D eigenvalue weighted by atomic mass is 9.90. The fourth-order valence-corrected chi connectivity index (χ4v) is 4.18. The number of halogens is 1. The highest BCUT2D eigenvalue weighted by Crippen LogP contribution is 2.31. The van der Waals surface area contributed by atoms with Gasteiger partial charge in [-0.15, -0.1) is 0 Å². The van der Waals surface area contributed by atoms with E-state index in [1.807, 2.05) is 17.5 Å². The summed E-state index contributed by atoms with van der Waals surface area (Å²) in [5.41, 5.74) is 7.72. The average Bonchev–Trinajstić information content (AvgIpc) is 2.93. The molecule has 4 rings (SSSR count). The van der Waals surface area contributed by atoms with Crippen LogP contribution in [0, 0.1) is 6.92 Å². The van der Waals surface area contributed by atoms with E-state index >= 15 is 0 Å². The summed E-state index contributed by atoms with van der Waals surface area (Å²) >= 11 is 3.59. The van der Waals surface area contributed by atoms with Gasteiger partial charge in [-0.25, -0.2) is 4.98 Å². The second kappa shape index (κ2) is 5.77. The molecule has 0 unspecified atom stereocenters. The molecule has 3 nitrogen and oxygen atoms in total. The van der Waals surface area contributed by atoms with Crippen molar-refractivity contribution in [2.75, 3.05) is 0 Å². The maximum absolute atomic E-state index is 9.91. The quantitative estimate of drug-likeness (QED) is 0.723. The Labute approximate surface area is 144 Å². The predicted molar refractivity (Wildman–Crippen MR) is 95.6 cm³/mol. The number of pyridine rings is 1. The van der Waals surface area contributed by atoms with Crippen LogP contribution >= 0.6 is 15.9 Å². The van der Waals surface area contributed by atoms with E-state index in [2.05, 4.69) is 40.2 Å². The Bertz CT molecular complexity index is 898. The van der Waals surface area contributed by atoms with E-state index in [9.17, 15) is 5.11 Å². The number of aliphatic hydroxyl groups is 1. The van der Waals surface area contributed by atoms with E-state index in [0.29, 0.717) is 0 Å². The molecule has 0 atom stereocenters. The molecular formula is C19H19BrN2O. The molecule has 0 saturated heterocycles. The zero-order chi connectivity index (χ0) is 16.0. The number of benzene rings is 1. The summed E-state index contributed by atoms with van der Waals surface area (Å²) in [6.45, 7) is 2.02. The van der Waals surface area contributed by atoms with E-state index in [-0.39, 0.29) is 6.61 Å². The van der Waals surface area contributed by atoms with Crippen molar-refractivity contribution >= 4 is 21.6 Å². The van der Waals surface area contributed by atoms with Gasteiger partial charge in [-0.3, -0.25) is 4.40 Å². The molecule has 0 amide bonds. The fourth-order valence-electron chi connectivity index (χ4n) is 3.54. The topological polar surface area (TPSA) is 37.5 Å². The van der Waals surface area contributed by atoms with Gasteiger partial charge in [0, 0.05) is 11.8 Å². The van der Waals surface area contributed by atoms with Gasteiger partial charge >= 0.3 is 0 Å². The fraction of sp³-hybridized carbons (Fsp3) is 0.316. The summed E-state index contributed by atoms with van der Waals surface area (Å²) in [5, 5.41) is 9.91. The Morgan fingerprint density at radius 3 is 2.74 bits per heavy atom. The van der Waals surface area contributed by atoms with Crippen molar-refractivity contribution in [2.45, 2.75) is 39.2 Å². The third-order valence-corrected chi connectivity index (χ3v) is 5.27. The third kappa shape index (κ3) is 2.50. The molecule has 0 fully saturated rings. The maximum Gasteiger partial charge on any atom is 0.152 e. The molecule has 0 spiro atoms. The highest BCUT2D eigenvalue weighted by Gasteiger charge is 2.17. The molecule has 1 aliphatic carbocycles. The van der Waals surface area contributed by atoms with Gasteiger partial charge in [-0.05, 0) is 77.4 Å². The molecule has 23 heavy (non-hydrogen) atoms. The lowest BCUT2D eigenvalue weighted by molar-refractivity contribution is 0.276. The van der Waals surface area contributed by atoms with Crippen molar-refractivity contribution in [1.29, 1.82) is 0 Å². The molecule has 2 heterocycles. The summed E-state index contributed by atoms with van der Waals surface area (Å²) in [5.74, 6) is 0. The van der Waals surface area contributed by atoms with Gasteiger partial charge in [0.15, 0.2) is 5.65 Å². The molecule has 0 bridgehead atoms. The molecule has 118 valence electrons. The van der Waals surface area contributed by atoms with Gasteiger partial charge in [0.25, 0.3) is 0 Å². The van der Waals surface area contributed by atoms with Crippen LogP contribution in [0.4, 0.5) is 0 Å². The molecule has 0 radical (unpaired) electrons. The van der Waals surface area contributed by atoms with Crippen LogP contribution in [-0.2, 0) is 19.4 Å². The van der Waals surface area contributed by atoms with Gasteiger partial charge < -0.3 is 5.11 Å². The number of aromatic nitrogens is 2. The summed E-state index contributed by atoms with van der Waals surface area (Å²) < 4.78 is 2.95. The second-order valence-electron chi connectivity index (χ2n) is 6.31. The number of fused-ring (bicyclic) bond motifs is 2. The van der Waals surface area contributed by atoms with Crippen molar-refractivity contribution in [3.63, 3.8) is 0 Å². The van der Waals surface area contributed by atoms with E-state index in [1.165, 1.54) is 30.4 Å². The van der Waals surface area contributed by atoms with Crippen LogP contribution in [0.1, 0.15) is 35.2 Å². The van der Waals surface area contributed by atoms with Gasteiger partial charge in [0.1, 0.15) is 0 Å². The summed E-state index contributed by atoms with van der Waals surface area (Å²) in [7, 11) is 0. The lowest BCUT2D eigenvalue weighted by Crippen LogP contribution is -2.02. The zero-order valence-corrected chi connectivity index (χ0v) is 14.7. The maximum atomic E-state index is 9.91. The van der Waals surface area contributed by atoms with Crippen molar-refractivity contribution < 1.29 is 5.11 Å². The zero-order valence-electron chi connectivity index (χ0n) is 13.1. The highest BCUT2D eigenvalue weighted by atomic mass is 79.9. The number of nitrogens with zero attached hydrogens (tertiary/aromatic N) is 2. The smallest absolute Gasteiger partial charge is 0.152 e. The monoisotopic (exact) mass is 370 g/mol. The average molecular weight is 371 g/mol. The standard InChI is InChI=1S/C19H19BrN2O/c1-12-8-16(20)19-21-18(17(11-23)22(19)10-12)15-7-6-13-4-2-3-5-14(13)9-15/h6-10,23H,2-5,11H2,1H3. The molecule has 1 aliphatic rings. The van der Waals surface area contributed by atoms with E-state index in [4.69, 9.17) is 4.98 Å². The summed E-state index contributed by atoms with van der Waals surface area (Å²) in [4.78, 5) is 4.80. The first-order valence-corrected chi connectivity index (χ1v) is 8.87. The van der Waals surface area contributed by atoms with Gasteiger partial charge in [-0.2, -0.15) is 0 Å². The minimum Gasteiger partial charge on any atom is -0.390 e. The van der Waals surface area contributed by atoms with Crippen molar-refractivity contribution in [3.05, 3.63) is 57.3 Å². The normalized spacial score (nSPS) is 14.2. The first-order chi connectivity index (χ1) is 11.2. The van der Waals surface area contributed by atoms with Crippen LogP contribution in [0.15, 0.2) is 34.9 Å². The Morgan fingerprint density at radius 2 is 1.96 bits per heavy atom. The predicted octanol–water partition coefficient (Wildman–Crippen LogP) is 4.44. The van der Waals surface area contributed by atoms with Crippen LogP contribution in [0.25, 0.3) is 16.9 Å². The lowest BCUT2D eigenvalue weighted by Gasteiger charge is -2.16. The Kier molecular flexibility index (Phi) is 3.74. The Hall–Kier alpha value is -1.65. The first kappa shape index (κ1) is 14.9. The highest BCUT2D eigenvalue weighted by molar-refractivity contribution is 9.10. The molecule has 4 heteroatoms. The molecule has 1 N–H and O–H groups in total. The van der Waals surface area contributed by atoms with Crippen LogP contribution in [-0.4, -0.2) is 14.5 Å². The molecule has 1 aromatic carbocycles. The van der Waals surface area contributed by atoms with Crippen molar-refractivity contribution in [1.82, 2.24) is 9.38 Å². The Morgan fingerprint density at radius 1 is 1.17 bits per heavy atom. The number of imidazole rings is 1. The molecule has 2 aromatic heterocycles. The molecule has 0 aliphatic heterocycles. The van der Waals surface area contributed by atoms with Crippen molar-refractivity contribution in [2.24, 2.45) is 0 Å². The van der Waals surface area contributed by atoms with Gasteiger partial charge in [0.05, 0.1) is 22.5 Å². The minimum atomic E-state index is -0.0243. The number of hydrogen-bond donors (Lipinski definition) is 1. The summed E-state index contributed by atoms with van der Waals surface area (Å²) in [6.07, 6.45) is 6.90. The third-order valence-electron chi connectivity index (χ3n) is 4.68. The minimum absolute atomic E-state index is 0.0243. The number of rotatable bonds is 2. The van der Waals surface area contributed by atoms with Crippen molar-refractivity contribution in [3.8, 4) is 11.3 Å². The molecular weight excluding hydrogens is 352 g/mol. The molecule has 0 saturated carbocycles. The van der Waals surface area contributed by atoms with Gasteiger partial charge in [-0.1, -0.05) is 12.1 Å². The van der Waals surface area contributed by atoms with Crippen LogP contribution in [0.2, 0.25) is 0 Å². The van der Waals surface area contributed by atoms with E-state index in [0.717, 1.165) is 39.1 Å². The number of aryl methyl sites for hydroxylation is 3. The summed E-state index contributed by atoms with van der Waals surface area (Å²) in [6, 6.07) is 8.69. The van der Waals surface area contributed by atoms with Crippen LogP contribution in [0.3, 0.4) is 0 Å². The molecule has 3 aromatic rings. The number of hydrogen-bond acceptors (Lipinski definition) is 2. The SMILES string of the molecule is Cc1cc(Br)c2nc(-c3ccc4c(c3)CCCC4)c(CO)n2c1. The second-order valence-corrected chi connectivity index (χ2v) is 7.17. The Balaban J connectivity index is 1.93. The first-order valence-electron chi connectivity index (χ1n) is 8.07. The van der Waals surface area contributed by atoms with Crippen LogP contribution in [0.5, 0.6) is 0 Å². The largest absolute Gasteiger partial charge is 0.390 e. The van der Waals surface area contributed by atoms with Gasteiger partial charge in [0.2, 0.25) is 0 Å².